The molecule has 7 nitrogen and oxygen atoms in total. The molecule has 2 unspecified atom stereocenters. The monoisotopic (exact) mass is 496 g/mol. The smallest absolute Gasteiger partial charge is 0.287 e. The third kappa shape index (κ3) is 5.43. The molecule has 0 spiro atoms. The molecule has 5 rings (SSSR count). The van der Waals surface area contributed by atoms with Crippen molar-refractivity contribution in [3.8, 4) is 0 Å². The summed E-state index contributed by atoms with van der Waals surface area (Å²) in [5, 5.41) is 3.15. The molecule has 1 aromatic carbocycles. The highest BCUT2D eigenvalue weighted by Gasteiger charge is 2.38. The molecule has 2 heterocycles. The Morgan fingerprint density at radius 2 is 1.74 bits per heavy atom. The summed E-state index contributed by atoms with van der Waals surface area (Å²) < 4.78 is 39.0. The van der Waals surface area contributed by atoms with Crippen molar-refractivity contribution in [2.24, 2.45) is 0 Å². The topological polar surface area (TPSA) is 98.5 Å². The van der Waals surface area contributed by atoms with Gasteiger partial charge < -0.3 is 14.5 Å². The molecule has 0 bridgehead atoms. The van der Waals surface area contributed by atoms with Crippen LogP contribution in [0.25, 0.3) is 11.0 Å². The number of aromatic nitrogens is 1. The molecule has 2 aromatic heterocycles. The lowest BCUT2D eigenvalue weighted by molar-refractivity contribution is -0.0429. The molecule has 3 aromatic rings. The summed E-state index contributed by atoms with van der Waals surface area (Å²) >= 11 is 0. The van der Waals surface area contributed by atoms with Crippen molar-refractivity contribution < 1.29 is 22.4 Å². The minimum atomic E-state index is -3.50. The molecule has 0 radical (unpaired) electrons. The van der Waals surface area contributed by atoms with Gasteiger partial charge in [0.25, 0.3) is 5.91 Å². The van der Waals surface area contributed by atoms with Crippen LogP contribution >= 0.6 is 0 Å². The molecular formula is C27H32N2O5S. The molecule has 2 fully saturated rings. The zero-order chi connectivity index (χ0) is 24.3. The fourth-order valence-electron chi connectivity index (χ4n) is 5.26. The van der Waals surface area contributed by atoms with Crippen molar-refractivity contribution in [1.29, 1.82) is 0 Å². The Balaban J connectivity index is 1.23. The van der Waals surface area contributed by atoms with Crippen LogP contribution in [-0.4, -0.2) is 36.8 Å². The van der Waals surface area contributed by atoms with Crippen LogP contribution in [0.1, 0.15) is 73.9 Å². The van der Waals surface area contributed by atoms with Crippen LogP contribution in [-0.2, 0) is 21.1 Å². The molecule has 1 amide bonds. The highest BCUT2D eigenvalue weighted by Crippen LogP contribution is 2.33. The van der Waals surface area contributed by atoms with Gasteiger partial charge in [-0.3, -0.25) is 9.78 Å². The fourth-order valence-corrected chi connectivity index (χ4v) is 7.20. The van der Waals surface area contributed by atoms with Crippen LogP contribution in [0.5, 0.6) is 0 Å². The van der Waals surface area contributed by atoms with Crippen LogP contribution in [0.3, 0.4) is 0 Å². The maximum Gasteiger partial charge on any atom is 0.287 e. The lowest BCUT2D eigenvalue weighted by Crippen LogP contribution is -2.41. The van der Waals surface area contributed by atoms with Crippen molar-refractivity contribution in [3.05, 3.63) is 60.1 Å². The van der Waals surface area contributed by atoms with Gasteiger partial charge in [0.1, 0.15) is 0 Å². The predicted octanol–water partition coefficient (Wildman–Crippen LogP) is 5.19. The Bertz CT molecular complexity index is 1230. The number of fused-ring (bicyclic) bond motifs is 1. The molecule has 186 valence electrons. The molecule has 2 atom stereocenters. The summed E-state index contributed by atoms with van der Waals surface area (Å²) in [7, 11) is -3.50. The Hall–Kier alpha value is -2.71. The van der Waals surface area contributed by atoms with E-state index in [1.54, 1.807) is 48.8 Å². The van der Waals surface area contributed by atoms with Crippen molar-refractivity contribution >= 4 is 26.7 Å². The van der Waals surface area contributed by atoms with Gasteiger partial charge in [0, 0.05) is 18.1 Å². The number of carbonyl (C=O) groups is 1. The maximum absolute atomic E-state index is 13.5. The molecule has 35 heavy (non-hydrogen) atoms. The number of ether oxygens (including phenoxy) is 1. The number of hydrogen-bond donors (Lipinski definition) is 1. The normalized spacial score (nSPS) is 21.7. The first-order chi connectivity index (χ1) is 17.0. The van der Waals surface area contributed by atoms with E-state index < -0.39 is 15.1 Å². The van der Waals surface area contributed by atoms with Gasteiger partial charge in [0.15, 0.2) is 21.2 Å². The third-order valence-corrected chi connectivity index (χ3v) is 9.48. The first kappa shape index (κ1) is 24.0. The first-order valence-corrected chi connectivity index (χ1v) is 14.2. The molecule has 1 N–H and O–H groups in total. The molecule has 8 heteroatoms. The van der Waals surface area contributed by atoms with Crippen molar-refractivity contribution in [2.75, 3.05) is 0 Å². The second-order valence-electron chi connectivity index (χ2n) is 9.65. The van der Waals surface area contributed by atoms with Gasteiger partial charge in [0.2, 0.25) is 0 Å². The number of amides is 1. The summed E-state index contributed by atoms with van der Waals surface area (Å²) in [6.45, 7) is 0.269. The Morgan fingerprint density at radius 3 is 2.51 bits per heavy atom. The van der Waals surface area contributed by atoms with E-state index in [9.17, 15) is 13.2 Å². The molecular weight excluding hydrogens is 464 g/mol. The van der Waals surface area contributed by atoms with Crippen molar-refractivity contribution in [2.45, 2.75) is 86.7 Å². The largest absolute Gasteiger partial charge is 0.449 e. The number of sulfone groups is 1. The van der Waals surface area contributed by atoms with E-state index in [1.165, 1.54) is 19.3 Å². The minimum Gasteiger partial charge on any atom is -0.449 e. The summed E-state index contributed by atoms with van der Waals surface area (Å²) in [6.07, 6.45) is 12.2. The number of carbonyl (C=O) groups excluding carboxylic acids is 1. The van der Waals surface area contributed by atoms with E-state index in [2.05, 4.69) is 10.3 Å². The number of benzene rings is 1. The average Bonchev–Trinajstić information content (AvgIpc) is 3.33. The molecule has 0 aliphatic heterocycles. The average molecular weight is 497 g/mol. The van der Waals surface area contributed by atoms with E-state index in [-0.39, 0.29) is 30.4 Å². The standard InChI is InChI=1S/C27H32N2O5S/c30-27(24-16-20-14-15-28-18-25(20)34-24)29-17-19-10-12-22(13-11-19)35(31,32)26-9-5-4-8-23(26)33-21-6-2-1-3-7-21/h10-16,18,21,23,26H,1-9,17H2,(H,29,30). The van der Waals surface area contributed by atoms with Gasteiger partial charge in [-0.15, -0.1) is 0 Å². The molecule has 2 aliphatic rings. The third-order valence-electron chi connectivity index (χ3n) is 7.21. The summed E-state index contributed by atoms with van der Waals surface area (Å²) in [5.41, 5.74) is 1.37. The van der Waals surface area contributed by atoms with Crippen LogP contribution in [0.4, 0.5) is 0 Å². The fraction of sp³-hybridized carbons (Fsp3) is 0.481. The number of nitrogens with zero attached hydrogens (tertiary/aromatic N) is 1. The maximum atomic E-state index is 13.5. The van der Waals surface area contributed by atoms with Gasteiger partial charge in [-0.2, -0.15) is 0 Å². The quantitative estimate of drug-likeness (QED) is 0.483. The SMILES string of the molecule is O=C(NCc1ccc(S(=O)(=O)C2CCCCC2OC2CCCCC2)cc1)c1cc2ccncc2o1. The second kappa shape index (κ2) is 10.5. The minimum absolute atomic E-state index is 0.193. The molecule has 2 saturated carbocycles. The van der Waals surface area contributed by atoms with E-state index in [0.717, 1.165) is 43.1 Å². The number of rotatable bonds is 7. The van der Waals surface area contributed by atoms with Crippen LogP contribution in [0, 0.1) is 0 Å². The highest BCUT2D eigenvalue weighted by molar-refractivity contribution is 7.92. The van der Waals surface area contributed by atoms with E-state index >= 15 is 0 Å². The van der Waals surface area contributed by atoms with Gasteiger partial charge in [-0.05, 0) is 55.5 Å². The van der Waals surface area contributed by atoms with Crippen LogP contribution in [0.2, 0.25) is 0 Å². The van der Waals surface area contributed by atoms with Gasteiger partial charge in [0.05, 0.1) is 28.6 Å². The highest BCUT2D eigenvalue weighted by atomic mass is 32.2. The number of hydrogen-bond acceptors (Lipinski definition) is 6. The number of furan rings is 1. The zero-order valence-electron chi connectivity index (χ0n) is 19.8. The predicted molar refractivity (Wildman–Crippen MR) is 133 cm³/mol. The van der Waals surface area contributed by atoms with E-state index in [0.29, 0.717) is 16.9 Å². The van der Waals surface area contributed by atoms with E-state index in [4.69, 9.17) is 9.15 Å². The summed E-state index contributed by atoms with van der Waals surface area (Å²) in [4.78, 5) is 16.8. The summed E-state index contributed by atoms with van der Waals surface area (Å²) in [5.74, 6) is -0.115. The lowest BCUT2D eigenvalue weighted by Gasteiger charge is -2.35. The van der Waals surface area contributed by atoms with Gasteiger partial charge in [-0.1, -0.05) is 44.2 Å². The van der Waals surface area contributed by atoms with Gasteiger partial charge in [-0.25, -0.2) is 8.42 Å². The van der Waals surface area contributed by atoms with Crippen LogP contribution in [0.15, 0.2) is 58.1 Å². The van der Waals surface area contributed by atoms with Gasteiger partial charge >= 0.3 is 0 Å². The number of nitrogens with one attached hydrogen (secondary N) is 1. The van der Waals surface area contributed by atoms with E-state index in [1.807, 2.05) is 0 Å². The zero-order valence-corrected chi connectivity index (χ0v) is 20.6. The first-order valence-electron chi connectivity index (χ1n) is 12.6. The van der Waals surface area contributed by atoms with Crippen molar-refractivity contribution in [1.82, 2.24) is 10.3 Å². The lowest BCUT2D eigenvalue weighted by atomic mass is 9.94. The Labute approximate surface area is 206 Å². The second-order valence-corrected chi connectivity index (χ2v) is 11.8. The molecule has 0 saturated heterocycles. The number of pyridine rings is 1. The Kier molecular flexibility index (Phi) is 7.20. The molecule has 2 aliphatic carbocycles. The summed E-state index contributed by atoms with van der Waals surface area (Å²) in [6, 6.07) is 10.3. The Morgan fingerprint density at radius 1 is 1.00 bits per heavy atom. The van der Waals surface area contributed by atoms with Crippen molar-refractivity contribution in [3.63, 3.8) is 0 Å². The van der Waals surface area contributed by atoms with Crippen LogP contribution < -0.4 is 5.32 Å².